The van der Waals surface area contributed by atoms with Gasteiger partial charge in [-0.05, 0) is 37.1 Å². The first-order valence-corrected chi connectivity index (χ1v) is 15.8. The fourth-order valence-corrected chi connectivity index (χ4v) is 9.74. The lowest BCUT2D eigenvalue weighted by Crippen LogP contribution is -2.58. The van der Waals surface area contributed by atoms with Crippen LogP contribution in [0.15, 0.2) is 78.9 Å². The summed E-state index contributed by atoms with van der Waals surface area (Å²) in [7, 11) is 0. The number of hydrogen-bond donors (Lipinski definition) is 1. The summed E-state index contributed by atoms with van der Waals surface area (Å²) in [6.45, 7) is 6.42. The smallest absolute Gasteiger partial charge is 0.251 e. The van der Waals surface area contributed by atoms with Gasteiger partial charge in [0.05, 0.1) is 39.9 Å². The Balaban J connectivity index is 1.52. The van der Waals surface area contributed by atoms with Crippen LogP contribution in [-0.4, -0.2) is 69.0 Å². The number of aliphatic hydroxyl groups excluding tert-OH is 1. The Morgan fingerprint density at radius 2 is 1.60 bits per heavy atom. The van der Waals surface area contributed by atoms with E-state index < -0.39 is 33.4 Å². The second-order valence-corrected chi connectivity index (χ2v) is 14.1. The number of halogens is 1. The molecule has 0 aliphatic carbocycles. The number of para-hydroxylation sites is 2. The van der Waals surface area contributed by atoms with Crippen LogP contribution in [0.25, 0.3) is 0 Å². The van der Waals surface area contributed by atoms with Crippen LogP contribution in [-0.2, 0) is 14.4 Å². The number of anilines is 2. The van der Waals surface area contributed by atoms with Crippen molar-refractivity contribution in [2.45, 2.75) is 48.8 Å². The minimum absolute atomic E-state index is 0.0643. The van der Waals surface area contributed by atoms with Gasteiger partial charge in [0, 0.05) is 23.5 Å². The van der Waals surface area contributed by atoms with Crippen LogP contribution in [0.4, 0.5) is 11.4 Å². The quantitative estimate of drug-likeness (QED) is 0.472. The topological polar surface area (TPSA) is 81.2 Å². The number of hydrogen-bond acceptors (Lipinski definition) is 5. The third-order valence-electron chi connectivity index (χ3n) is 9.55. The number of aliphatic hydroxyl groups is 1. The molecular formula is C33H36ClN3O4S. The molecule has 2 saturated heterocycles. The Morgan fingerprint density at radius 3 is 2.29 bits per heavy atom. The van der Waals surface area contributed by atoms with E-state index in [9.17, 15) is 19.5 Å². The Hall–Kier alpha value is -3.07. The first-order chi connectivity index (χ1) is 20.2. The molecule has 4 aliphatic rings. The van der Waals surface area contributed by atoms with E-state index in [2.05, 4.69) is 6.08 Å². The Bertz CT molecular complexity index is 1470. The summed E-state index contributed by atoms with van der Waals surface area (Å²) in [5.74, 6) is -2.20. The van der Waals surface area contributed by atoms with Crippen LogP contribution < -0.4 is 9.80 Å². The molecule has 7 nitrogen and oxygen atoms in total. The lowest BCUT2D eigenvalue weighted by Gasteiger charge is -2.41. The summed E-state index contributed by atoms with van der Waals surface area (Å²) in [6, 6.07) is 15.2. The van der Waals surface area contributed by atoms with Crippen LogP contribution in [0.5, 0.6) is 0 Å². The van der Waals surface area contributed by atoms with Crippen LogP contribution in [0.2, 0.25) is 5.02 Å². The monoisotopic (exact) mass is 605 g/mol. The van der Waals surface area contributed by atoms with Gasteiger partial charge < -0.3 is 19.8 Å². The van der Waals surface area contributed by atoms with Gasteiger partial charge in [0.15, 0.2) is 0 Å². The third-order valence-corrected chi connectivity index (χ3v) is 11.7. The van der Waals surface area contributed by atoms with E-state index in [1.54, 1.807) is 38.6 Å². The molecular weight excluding hydrogens is 570 g/mol. The molecule has 0 aromatic heterocycles. The lowest BCUT2D eigenvalue weighted by molar-refractivity contribution is -0.143. The van der Waals surface area contributed by atoms with E-state index in [0.29, 0.717) is 17.3 Å². The molecule has 3 amide bonds. The van der Waals surface area contributed by atoms with Gasteiger partial charge in [-0.2, -0.15) is 0 Å². The molecule has 1 unspecified atom stereocenters. The number of thioether (sulfide) groups is 1. The maximum Gasteiger partial charge on any atom is 0.251 e. The molecule has 6 rings (SSSR count). The standard InChI is InChI=1S/C33H36ClN3O4S/c1-4-21(2)25(20-38)37-28-31(41)36(24-15-9-8-14-23(24)34)19-11-17-33(28)27(30(37)40)26-29(39)35(22-12-6-5-7-13-22)18-10-16-32(26,3)42-33/h5-17,21,25-28,38H,4,18-20H2,1-3H3/t21-,25-,26-,27-,28?,32+,33-/m0/s1. The molecule has 9 heteroatoms. The number of nitrogens with zero attached hydrogens (tertiary/aromatic N) is 3. The molecule has 0 saturated carbocycles. The highest BCUT2D eigenvalue weighted by Crippen LogP contribution is 2.66. The molecule has 7 atom stereocenters. The zero-order valence-corrected chi connectivity index (χ0v) is 25.6. The third kappa shape index (κ3) is 4.25. The number of rotatable bonds is 6. The SMILES string of the molecule is CC[C@H](C)[C@H](CO)N1C(=O)[C@@H]2[C@H]3C(=O)N(c4ccccc4)CC=C[C@@]3(C)S[C@@]23C=CCN(c2ccccc2Cl)C(=O)C13. The Labute approximate surface area is 256 Å². The molecule has 4 heterocycles. The maximum absolute atomic E-state index is 14.8. The van der Waals surface area contributed by atoms with Crippen LogP contribution >= 0.6 is 23.4 Å². The van der Waals surface area contributed by atoms with Crippen molar-refractivity contribution in [3.63, 3.8) is 0 Å². The molecule has 1 N–H and O–H groups in total. The Kier molecular flexibility index (Phi) is 7.52. The number of carbonyl (C=O) groups is 3. The highest BCUT2D eigenvalue weighted by atomic mass is 35.5. The number of benzene rings is 2. The summed E-state index contributed by atoms with van der Waals surface area (Å²) in [5.41, 5.74) is 1.34. The number of carbonyl (C=O) groups excluding carboxylic acids is 3. The van der Waals surface area contributed by atoms with Gasteiger partial charge in [-0.1, -0.05) is 86.5 Å². The fraction of sp³-hybridized carbons (Fsp3) is 0.424. The van der Waals surface area contributed by atoms with Gasteiger partial charge in [-0.25, -0.2) is 0 Å². The van der Waals surface area contributed by atoms with Gasteiger partial charge in [-0.3, -0.25) is 14.4 Å². The van der Waals surface area contributed by atoms with Gasteiger partial charge in [0.25, 0.3) is 5.91 Å². The van der Waals surface area contributed by atoms with Gasteiger partial charge in [0.1, 0.15) is 6.04 Å². The molecule has 2 fully saturated rings. The molecule has 220 valence electrons. The zero-order valence-electron chi connectivity index (χ0n) is 24.0. The van der Waals surface area contributed by atoms with Crippen molar-refractivity contribution in [3.05, 3.63) is 83.9 Å². The van der Waals surface area contributed by atoms with E-state index in [1.807, 2.05) is 81.5 Å². The van der Waals surface area contributed by atoms with Crippen molar-refractivity contribution >= 4 is 52.5 Å². The minimum atomic E-state index is -1.01. The minimum Gasteiger partial charge on any atom is -0.394 e. The largest absolute Gasteiger partial charge is 0.394 e. The molecule has 2 aromatic carbocycles. The van der Waals surface area contributed by atoms with E-state index in [0.717, 1.165) is 12.1 Å². The normalized spacial score (nSPS) is 31.9. The van der Waals surface area contributed by atoms with Crippen molar-refractivity contribution in [2.75, 3.05) is 29.5 Å². The lowest BCUT2D eigenvalue weighted by atomic mass is 9.74. The second kappa shape index (κ2) is 10.9. The molecule has 0 radical (unpaired) electrons. The zero-order chi connectivity index (χ0) is 29.8. The summed E-state index contributed by atoms with van der Waals surface area (Å²) < 4.78 is -1.73. The first kappa shape index (κ1) is 29.0. The fourth-order valence-electron chi connectivity index (χ4n) is 7.36. The van der Waals surface area contributed by atoms with Gasteiger partial charge >= 0.3 is 0 Å². The summed E-state index contributed by atoms with van der Waals surface area (Å²) >= 11 is 8.13. The van der Waals surface area contributed by atoms with E-state index >= 15 is 0 Å². The second-order valence-electron chi connectivity index (χ2n) is 11.9. The van der Waals surface area contributed by atoms with Crippen molar-refractivity contribution in [1.82, 2.24) is 4.90 Å². The predicted octanol–water partition coefficient (Wildman–Crippen LogP) is 4.94. The van der Waals surface area contributed by atoms with Gasteiger partial charge in [-0.15, -0.1) is 11.8 Å². The molecule has 4 aliphatic heterocycles. The molecule has 1 spiro atoms. The first-order valence-electron chi connectivity index (χ1n) is 14.6. The maximum atomic E-state index is 14.8. The molecule has 42 heavy (non-hydrogen) atoms. The summed E-state index contributed by atoms with van der Waals surface area (Å²) in [4.78, 5) is 49.1. The van der Waals surface area contributed by atoms with Crippen molar-refractivity contribution in [1.29, 1.82) is 0 Å². The predicted molar refractivity (Wildman–Crippen MR) is 168 cm³/mol. The summed E-state index contributed by atoms with van der Waals surface area (Å²) in [5, 5.41) is 11.1. The number of fused-ring (bicyclic) bond motifs is 2. The molecule has 0 bridgehead atoms. The average Bonchev–Trinajstić information content (AvgIpc) is 3.25. The van der Waals surface area contributed by atoms with Crippen molar-refractivity contribution in [2.24, 2.45) is 17.8 Å². The van der Waals surface area contributed by atoms with E-state index in [1.165, 1.54) is 0 Å². The van der Waals surface area contributed by atoms with E-state index in [4.69, 9.17) is 11.6 Å². The average molecular weight is 606 g/mol. The van der Waals surface area contributed by atoms with E-state index in [-0.39, 0.29) is 36.8 Å². The Morgan fingerprint density at radius 1 is 0.929 bits per heavy atom. The molecule has 2 aromatic rings. The number of amides is 3. The van der Waals surface area contributed by atoms with Crippen LogP contribution in [0.3, 0.4) is 0 Å². The van der Waals surface area contributed by atoms with Gasteiger partial charge in [0.2, 0.25) is 11.8 Å². The highest BCUT2D eigenvalue weighted by molar-refractivity contribution is 8.02. The highest BCUT2D eigenvalue weighted by Gasteiger charge is 2.74. The summed E-state index contributed by atoms with van der Waals surface area (Å²) in [6.07, 6.45) is 8.71. The van der Waals surface area contributed by atoms with Crippen LogP contribution in [0.1, 0.15) is 27.2 Å². The van der Waals surface area contributed by atoms with Crippen LogP contribution in [0, 0.1) is 17.8 Å². The van der Waals surface area contributed by atoms with Crippen molar-refractivity contribution in [3.8, 4) is 0 Å². The van der Waals surface area contributed by atoms with Crippen molar-refractivity contribution < 1.29 is 19.5 Å². The number of likely N-dealkylation sites (tertiary alicyclic amines) is 1.